The maximum Gasteiger partial charge on any atom is 0.340 e. The predicted octanol–water partition coefficient (Wildman–Crippen LogP) is 4.43. The summed E-state index contributed by atoms with van der Waals surface area (Å²) < 4.78 is 48.0. The molecular weight excluding hydrogens is 369 g/mol. The summed E-state index contributed by atoms with van der Waals surface area (Å²) in [7, 11) is -4.18. The first-order valence-corrected chi connectivity index (χ1v) is 8.81. The lowest BCUT2D eigenvalue weighted by Crippen LogP contribution is -2.10. The van der Waals surface area contributed by atoms with Crippen molar-refractivity contribution >= 4 is 21.7 Å². The number of halogens is 2. The minimum absolute atomic E-state index is 0.0637. The van der Waals surface area contributed by atoms with E-state index in [2.05, 4.69) is 4.98 Å². The lowest BCUT2D eigenvalue weighted by Gasteiger charge is -2.09. The van der Waals surface area contributed by atoms with Crippen LogP contribution in [0.2, 0.25) is 5.02 Å². The van der Waals surface area contributed by atoms with Crippen LogP contribution < -0.4 is 8.92 Å². The number of benzene rings is 2. The van der Waals surface area contributed by atoms with Crippen LogP contribution >= 0.6 is 11.6 Å². The van der Waals surface area contributed by atoms with Crippen molar-refractivity contribution in [1.29, 1.82) is 0 Å². The minimum Gasteiger partial charge on any atom is -0.439 e. The van der Waals surface area contributed by atoms with Gasteiger partial charge in [-0.1, -0.05) is 17.7 Å². The number of hydrogen-bond donors (Lipinski definition) is 0. The molecule has 0 aliphatic carbocycles. The largest absolute Gasteiger partial charge is 0.439 e. The fourth-order valence-electron chi connectivity index (χ4n) is 1.94. The van der Waals surface area contributed by atoms with Gasteiger partial charge in [0.1, 0.15) is 22.2 Å². The molecule has 0 saturated heterocycles. The number of ether oxygens (including phenoxy) is 1. The van der Waals surface area contributed by atoms with E-state index in [0.717, 1.165) is 18.2 Å². The second-order valence-electron chi connectivity index (χ2n) is 4.85. The average molecular weight is 380 g/mol. The summed E-state index contributed by atoms with van der Waals surface area (Å²) >= 11 is 5.77. The van der Waals surface area contributed by atoms with Gasteiger partial charge in [0.2, 0.25) is 5.88 Å². The Morgan fingerprint density at radius 1 is 0.960 bits per heavy atom. The molecule has 1 aromatic heterocycles. The van der Waals surface area contributed by atoms with Gasteiger partial charge in [-0.05, 0) is 48.5 Å². The molecule has 3 aromatic rings. The van der Waals surface area contributed by atoms with Crippen molar-refractivity contribution in [3.63, 3.8) is 0 Å². The molecule has 0 amide bonds. The first kappa shape index (κ1) is 17.2. The molecule has 0 fully saturated rings. The molecule has 0 aliphatic rings. The van der Waals surface area contributed by atoms with E-state index in [0.29, 0.717) is 11.6 Å². The fourth-order valence-corrected chi connectivity index (χ4v) is 3.38. The van der Waals surface area contributed by atoms with E-state index in [1.807, 2.05) is 0 Å². The third-order valence-electron chi connectivity index (χ3n) is 3.05. The molecule has 0 atom stereocenters. The third-order valence-corrected chi connectivity index (χ3v) is 4.78. The minimum atomic E-state index is -4.18. The number of aromatic nitrogens is 1. The molecule has 0 N–H and O–H groups in total. The van der Waals surface area contributed by atoms with Gasteiger partial charge in [-0.25, -0.2) is 9.37 Å². The van der Waals surface area contributed by atoms with Gasteiger partial charge in [-0.3, -0.25) is 0 Å². The normalized spacial score (nSPS) is 11.1. The molecule has 0 saturated carbocycles. The highest BCUT2D eigenvalue weighted by molar-refractivity contribution is 7.87. The van der Waals surface area contributed by atoms with Crippen LogP contribution in [0.25, 0.3) is 0 Å². The van der Waals surface area contributed by atoms with E-state index in [1.165, 1.54) is 24.3 Å². The molecule has 5 nitrogen and oxygen atoms in total. The van der Waals surface area contributed by atoms with Gasteiger partial charge >= 0.3 is 10.1 Å². The van der Waals surface area contributed by atoms with E-state index >= 15 is 0 Å². The van der Waals surface area contributed by atoms with Crippen LogP contribution in [0.15, 0.2) is 71.8 Å². The van der Waals surface area contributed by atoms with Crippen LogP contribution in [0.3, 0.4) is 0 Å². The van der Waals surface area contributed by atoms with Gasteiger partial charge in [0.25, 0.3) is 0 Å². The van der Waals surface area contributed by atoms with E-state index in [-0.39, 0.29) is 15.7 Å². The molecule has 0 spiro atoms. The Morgan fingerprint density at radius 3 is 2.32 bits per heavy atom. The van der Waals surface area contributed by atoms with Crippen LogP contribution in [0.1, 0.15) is 0 Å². The van der Waals surface area contributed by atoms with Gasteiger partial charge in [0.15, 0.2) is 0 Å². The first-order chi connectivity index (χ1) is 11.9. The Labute approximate surface area is 148 Å². The highest BCUT2D eigenvalue weighted by Crippen LogP contribution is 2.27. The maximum atomic E-state index is 13.0. The van der Waals surface area contributed by atoms with E-state index in [9.17, 15) is 12.8 Å². The number of rotatable bonds is 5. The van der Waals surface area contributed by atoms with Gasteiger partial charge < -0.3 is 8.92 Å². The zero-order valence-corrected chi connectivity index (χ0v) is 14.2. The SMILES string of the molecule is O=S(=O)(Oc1ccc(Oc2ccccn2)cc1)c1ccc(F)cc1Cl. The second kappa shape index (κ2) is 7.08. The maximum absolute atomic E-state index is 13.0. The van der Waals surface area contributed by atoms with Crippen molar-refractivity contribution in [2.75, 3.05) is 0 Å². The van der Waals surface area contributed by atoms with Crippen molar-refractivity contribution in [2.24, 2.45) is 0 Å². The molecule has 128 valence electrons. The van der Waals surface area contributed by atoms with E-state index in [4.69, 9.17) is 20.5 Å². The summed E-state index contributed by atoms with van der Waals surface area (Å²) in [6, 6.07) is 14.1. The van der Waals surface area contributed by atoms with Crippen LogP contribution in [-0.4, -0.2) is 13.4 Å². The van der Waals surface area contributed by atoms with Crippen LogP contribution in [0.4, 0.5) is 4.39 Å². The van der Waals surface area contributed by atoms with Gasteiger partial charge in [-0.2, -0.15) is 8.42 Å². The fraction of sp³-hybridized carbons (Fsp3) is 0. The average Bonchev–Trinajstić information content (AvgIpc) is 2.57. The Hall–Kier alpha value is -2.64. The van der Waals surface area contributed by atoms with Gasteiger partial charge in [0, 0.05) is 12.3 Å². The van der Waals surface area contributed by atoms with Crippen molar-refractivity contribution < 1.29 is 21.7 Å². The number of nitrogens with zero attached hydrogens (tertiary/aromatic N) is 1. The zero-order chi connectivity index (χ0) is 17.9. The highest BCUT2D eigenvalue weighted by Gasteiger charge is 2.20. The molecule has 0 unspecified atom stereocenters. The monoisotopic (exact) mass is 379 g/mol. The second-order valence-corrected chi connectivity index (χ2v) is 6.78. The Bertz CT molecular complexity index is 979. The van der Waals surface area contributed by atoms with Crippen LogP contribution in [-0.2, 0) is 10.1 Å². The lowest BCUT2D eigenvalue weighted by atomic mass is 10.3. The Morgan fingerprint density at radius 2 is 1.68 bits per heavy atom. The molecule has 3 rings (SSSR count). The molecule has 8 heteroatoms. The van der Waals surface area contributed by atoms with Crippen LogP contribution in [0, 0.1) is 5.82 Å². The molecule has 2 aromatic carbocycles. The molecule has 1 heterocycles. The Balaban J connectivity index is 1.76. The Kier molecular flexibility index (Phi) is 4.87. The topological polar surface area (TPSA) is 65.5 Å². The van der Waals surface area contributed by atoms with Crippen LogP contribution in [0.5, 0.6) is 17.4 Å². The van der Waals surface area contributed by atoms with Crippen molar-refractivity contribution in [1.82, 2.24) is 4.98 Å². The molecule has 0 aliphatic heterocycles. The molecule has 25 heavy (non-hydrogen) atoms. The van der Waals surface area contributed by atoms with Crippen molar-refractivity contribution in [3.05, 3.63) is 77.7 Å². The number of pyridine rings is 1. The standard InChI is InChI=1S/C17H11ClFNO4S/c18-15-11-12(19)4-9-16(15)25(21,22)24-14-7-5-13(6-8-14)23-17-3-1-2-10-20-17/h1-11H. The lowest BCUT2D eigenvalue weighted by molar-refractivity contribution is 0.459. The quantitative estimate of drug-likeness (QED) is 0.613. The zero-order valence-electron chi connectivity index (χ0n) is 12.6. The summed E-state index contributed by atoms with van der Waals surface area (Å²) in [5.41, 5.74) is 0. The first-order valence-electron chi connectivity index (χ1n) is 7.02. The third kappa shape index (κ3) is 4.26. The number of hydrogen-bond acceptors (Lipinski definition) is 5. The summed E-state index contributed by atoms with van der Waals surface area (Å²) in [5, 5.41) is -0.255. The summed E-state index contributed by atoms with van der Waals surface area (Å²) in [6.07, 6.45) is 1.59. The smallest absolute Gasteiger partial charge is 0.340 e. The summed E-state index contributed by atoms with van der Waals surface area (Å²) in [4.78, 5) is 3.70. The summed E-state index contributed by atoms with van der Waals surface area (Å²) in [6.45, 7) is 0. The molecule has 0 bridgehead atoms. The van der Waals surface area contributed by atoms with E-state index < -0.39 is 15.9 Å². The summed E-state index contributed by atoms with van der Waals surface area (Å²) in [5.74, 6) is 0.291. The van der Waals surface area contributed by atoms with E-state index in [1.54, 1.807) is 24.4 Å². The predicted molar refractivity (Wildman–Crippen MR) is 90.0 cm³/mol. The highest BCUT2D eigenvalue weighted by atomic mass is 35.5. The molecular formula is C17H11ClFNO4S. The van der Waals surface area contributed by atoms with Crippen molar-refractivity contribution in [2.45, 2.75) is 4.90 Å². The molecule has 0 radical (unpaired) electrons. The van der Waals surface area contributed by atoms with Crippen molar-refractivity contribution in [3.8, 4) is 17.4 Å². The van der Waals surface area contributed by atoms with Gasteiger partial charge in [0.05, 0.1) is 5.02 Å². The van der Waals surface area contributed by atoms with Gasteiger partial charge in [-0.15, -0.1) is 0 Å².